The molecule has 0 spiro atoms. The quantitative estimate of drug-likeness (QED) is 0.177. The standard InChI is InChI=1S/C28H31F5N3O2PS/c1-36-13-11-22(21(30)16-36)35-24-7-4-6-19-20(15-28(31,32)33)26(40-27(19)24)8-5-12-34-23-10-9-18(39(2,3)37)14-25(23)38-17-29/h4,6-7,9-10,14,21-22,34-35H,11-13,15-17H2,1-3H3/t21-,22+/m0/s1. The molecule has 0 aliphatic carbocycles. The fourth-order valence-electron chi connectivity index (χ4n) is 4.61. The number of nitrogens with zero attached hydrogens (tertiary/aromatic N) is 1. The first-order chi connectivity index (χ1) is 18.9. The average molecular weight is 600 g/mol. The third-order valence-electron chi connectivity index (χ3n) is 6.65. The van der Waals surface area contributed by atoms with E-state index in [2.05, 4.69) is 22.5 Å². The van der Waals surface area contributed by atoms with Crippen LogP contribution in [0.3, 0.4) is 0 Å². The number of thiophene rings is 1. The van der Waals surface area contributed by atoms with Gasteiger partial charge in [-0.25, -0.2) is 8.78 Å². The molecule has 1 aromatic heterocycles. The molecular formula is C28H31F5N3O2PS. The summed E-state index contributed by atoms with van der Waals surface area (Å²) >= 11 is 1.14. The number of alkyl halides is 5. The number of hydrogen-bond donors (Lipinski definition) is 2. The molecule has 2 N–H and O–H groups in total. The van der Waals surface area contributed by atoms with Crippen LogP contribution in [0.1, 0.15) is 16.9 Å². The Kier molecular flexibility index (Phi) is 9.33. The largest absolute Gasteiger partial charge is 0.461 e. The molecule has 12 heteroatoms. The Morgan fingerprint density at radius 2 is 1.98 bits per heavy atom. The van der Waals surface area contributed by atoms with E-state index >= 15 is 0 Å². The van der Waals surface area contributed by atoms with Gasteiger partial charge in [0, 0.05) is 18.4 Å². The smallest absolute Gasteiger partial charge is 0.393 e. The highest BCUT2D eigenvalue weighted by Crippen LogP contribution is 2.40. The number of nitrogens with one attached hydrogen (secondary N) is 2. The van der Waals surface area contributed by atoms with Crippen molar-refractivity contribution in [2.75, 3.05) is 57.5 Å². The average Bonchev–Trinajstić information content (AvgIpc) is 3.20. The zero-order chi connectivity index (χ0) is 29.1. The predicted molar refractivity (Wildman–Crippen MR) is 154 cm³/mol. The lowest BCUT2D eigenvalue weighted by atomic mass is 10.0. The number of hydrogen-bond acceptors (Lipinski definition) is 6. The van der Waals surface area contributed by atoms with E-state index in [1.165, 1.54) is 6.07 Å². The maximum Gasteiger partial charge on any atom is 0.393 e. The molecule has 5 nitrogen and oxygen atoms in total. The summed E-state index contributed by atoms with van der Waals surface area (Å²) in [4.78, 5) is 2.18. The van der Waals surface area contributed by atoms with Gasteiger partial charge in [-0.15, -0.1) is 11.3 Å². The van der Waals surface area contributed by atoms with E-state index in [-0.39, 0.29) is 29.3 Å². The van der Waals surface area contributed by atoms with Crippen molar-refractivity contribution in [3.05, 3.63) is 46.8 Å². The Labute approximate surface area is 234 Å². The predicted octanol–water partition coefficient (Wildman–Crippen LogP) is 6.48. The number of anilines is 2. The molecule has 1 fully saturated rings. The van der Waals surface area contributed by atoms with Gasteiger partial charge in [-0.2, -0.15) is 13.2 Å². The van der Waals surface area contributed by atoms with Gasteiger partial charge in [0.05, 0.1) is 40.0 Å². The Morgan fingerprint density at radius 3 is 2.65 bits per heavy atom. The van der Waals surface area contributed by atoms with Crippen molar-refractivity contribution in [2.45, 2.75) is 31.2 Å². The second-order valence-corrected chi connectivity index (χ2v) is 14.4. The third-order valence-corrected chi connectivity index (χ3v) is 9.37. The normalized spacial score (nSPS) is 18.3. The van der Waals surface area contributed by atoms with Gasteiger partial charge in [-0.05, 0) is 62.0 Å². The Balaban J connectivity index is 1.60. The van der Waals surface area contributed by atoms with Crippen LogP contribution in [0.2, 0.25) is 0 Å². The van der Waals surface area contributed by atoms with Crippen LogP contribution in [-0.4, -0.2) is 70.2 Å². The minimum atomic E-state index is -4.44. The van der Waals surface area contributed by atoms with Crippen LogP contribution in [0.5, 0.6) is 5.75 Å². The van der Waals surface area contributed by atoms with Gasteiger partial charge in [-0.3, -0.25) is 0 Å². The molecule has 1 saturated heterocycles. The van der Waals surface area contributed by atoms with Crippen LogP contribution >= 0.6 is 18.5 Å². The van der Waals surface area contributed by atoms with Gasteiger partial charge in [-0.1, -0.05) is 24.0 Å². The molecule has 0 saturated carbocycles. The van der Waals surface area contributed by atoms with Crippen LogP contribution in [0.15, 0.2) is 36.4 Å². The molecule has 40 heavy (non-hydrogen) atoms. The lowest BCUT2D eigenvalue weighted by molar-refractivity contribution is -0.126. The minimum Gasteiger partial charge on any atom is -0.461 e. The lowest BCUT2D eigenvalue weighted by Crippen LogP contribution is -2.46. The number of fused-ring (bicyclic) bond motifs is 1. The molecule has 0 amide bonds. The minimum absolute atomic E-state index is 0.0435. The Morgan fingerprint density at radius 1 is 1.20 bits per heavy atom. The van der Waals surface area contributed by atoms with Gasteiger partial charge in [0.25, 0.3) is 0 Å². The fourth-order valence-corrected chi connectivity index (χ4v) is 6.65. The molecule has 0 bridgehead atoms. The molecule has 4 rings (SSSR count). The number of ether oxygens (including phenoxy) is 1. The van der Waals surface area contributed by atoms with Crippen molar-refractivity contribution in [3.8, 4) is 17.6 Å². The number of halogens is 5. The summed E-state index contributed by atoms with van der Waals surface area (Å²) < 4.78 is 86.2. The summed E-state index contributed by atoms with van der Waals surface area (Å²) in [6.45, 7) is 3.16. The van der Waals surface area contributed by atoms with Crippen molar-refractivity contribution in [3.63, 3.8) is 0 Å². The SMILES string of the molecule is CN1CC[C@@H](Nc2cccc3c(CC(F)(F)F)c(C#CCNc4ccc(P(C)(C)=O)cc4OCF)sc23)[C@@H](F)C1. The highest BCUT2D eigenvalue weighted by atomic mass is 32.1. The van der Waals surface area contributed by atoms with Crippen molar-refractivity contribution in [1.29, 1.82) is 0 Å². The van der Waals surface area contributed by atoms with E-state index in [1.54, 1.807) is 43.7 Å². The topological polar surface area (TPSA) is 53.6 Å². The van der Waals surface area contributed by atoms with Crippen LogP contribution < -0.4 is 20.7 Å². The second-order valence-electron chi connectivity index (χ2n) is 10.1. The summed E-state index contributed by atoms with van der Waals surface area (Å²) in [5.41, 5.74) is 1.09. The molecule has 0 unspecified atom stereocenters. The monoisotopic (exact) mass is 599 g/mol. The Hall–Kier alpha value is -2.80. The van der Waals surface area contributed by atoms with E-state index in [0.29, 0.717) is 33.2 Å². The van der Waals surface area contributed by atoms with Gasteiger partial charge in [0.15, 0.2) is 0 Å². The molecular weight excluding hydrogens is 568 g/mol. The maximum absolute atomic E-state index is 14.7. The van der Waals surface area contributed by atoms with Gasteiger partial charge < -0.3 is 24.8 Å². The first-order valence-corrected chi connectivity index (χ1v) is 16.1. The van der Waals surface area contributed by atoms with E-state index in [9.17, 15) is 26.5 Å². The molecule has 2 aromatic carbocycles. The lowest BCUT2D eigenvalue weighted by Gasteiger charge is -2.33. The van der Waals surface area contributed by atoms with Gasteiger partial charge >= 0.3 is 6.18 Å². The first kappa shape index (κ1) is 30.2. The Bertz CT molecular complexity index is 1460. The summed E-state index contributed by atoms with van der Waals surface area (Å²) in [5.74, 6) is 5.89. The first-order valence-electron chi connectivity index (χ1n) is 12.7. The van der Waals surface area contributed by atoms with E-state index < -0.39 is 38.8 Å². The number of piperidine rings is 1. The van der Waals surface area contributed by atoms with E-state index in [1.807, 2.05) is 11.9 Å². The maximum atomic E-state index is 14.7. The van der Waals surface area contributed by atoms with Crippen LogP contribution in [0.25, 0.3) is 10.1 Å². The third kappa shape index (κ3) is 7.48. The molecule has 0 radical (unpaired) electrons. The van der Waals surface area contributed by atoms with Crippen LogP contribution in [0.4, 0.5) is 33.3 Å². The highest BCUT2D eigenvalue weighted by Gasteiger charge is 2.32. The van der Waals surface area contributed by atoms with Crippen molar-refractivity contribution < 1.29 is 31.3 Å². The molecule has 2 heterocycles. The van der Waals surface area contributed by atoms with Crippen molar-refractivity contribution in [1.82, 2.24) is 4.90 Å². The van der Waals surface area contributed by atoms with Gasteiger partial charge in [0.2, 0.25) is 6.86 Å². The van der Waals surface area contributed by atoms with Crippen LogP contribution in [-0.2, 0) is 11.0 Å². The van der Waals surface area contributed by atoms with E-state index in [4.69, 9.17) is 4.74 Å². The molecule has 1 aliphatic rings. The molecule has 3 aromatic rings. The van der Waals surface area contributed by atoms with Crippen LogP contribution in [0, 0.1) is 11.8 Å². The second kappa shape index (κ2) is 12.4. The highest BCUT2D eigenvalue weighted by molar-refractivity contribution is 7.70. The summed E-state index contributed by atoms with van der Waals surface area (Å²) in [5, 5.41) is 7.18. The fraction of sp³-hybridized carbons (Fsp3) is 0.429. The number of rotatable bonds is 8. The molecule has 1 aliphatic heterocycles. The molecule has 216 valence electrons. The zero-order valence-corrected chi connectivity index (χ0v) is 24.1. The van der Waals surface area contributed by atoms with Gasteiger partial charge in [0.1, 0.15) is 19.1 Å². The zero-order valence-electron chi connectivity index (χ0n) is 22.4. The summed E-state index contributed by atoms with van der Waals surface area (Å²) in [6, 6.07) is 9.37. The molecule has 2 atom stereocenters. The number of benzene rings is 2. The van der Waals surface area contributed by atoms with Crippen molar-refractivity contribution >= 4 is 45.2 Å². The summed E-state index contributed by atoms with van der Waals surface area (Å²) in [6.07, 6.45) is -6.10. The number of likely N-dealkylation sites (tertiary alicyclic amines) is 1. The van der Waals surface area contributed by atoms with E-state index in [0.717, 1.165) is 17.9 Å². The van der Waals surface area contributed by atoms with Crippen molar-refractivity contribution in [2.24, 2.45) is 0 Å². The summed E-state index contributed by atoms with van der Waals surface area (Å²) in [7, 11) is -0.745.